The lowest BCUT2D eigenvalue weighted by Crippen LogP contribution is -2.58. The number of carbonyl (C=O) groups excluding carboxylic acids is 1. The van der Waals surface area contributed by atoms with Gasteiger partial charge in [0.25, 0.3) is 0 Å². The number of hydrogen-bond acceptors (Lipinski definition) is 2. The van der Waals surface area contributed by atoms with Crippen molar-refractivity contribution in [3.8, 4) is 0 Å². The molecule has 0 aromatic heterocycles. The van der Waals surface area contributed by atoms with Crippen molar-refractivity contribution in [2.75, 3.05) is 0 Å². The van der Waals surface area contributed by atoms with Crippen LogP contribution in [0.1, 0.15) is 34.6 Å². The first-order valence-corrected chi connectivity index (χ1v) is 3.97. The number of rotatable bonds is 0. The van der Waals surface area contributed by atoms with Crippen molar-refractivity contribution in [2.24, 2.45) is 10.8 Å². The zero-order chi connectivity index (χ0) is 8.86. The van der Waals surface area contributed by atoms with Crippen molar-refractivity contribution >= 4 is 5.97 Å². The monoisotopic (exact) mass is 156 g/mol. The van der Waals surface area contributed by atoms with E-state index in [1.807, 2.05) is 13.8 Å². The van der Waals surface area contributed by atoms with Crippen molar-refractivity contribution in [1.29, 1.82) is 0 Å². The molecule has 0 spiro atoms. The Morgan fingerprint density at radius 1 is 1.36 bits per heavy atom. The fourth-order valence-corrected chi connectivity index (χ4v) is 1.71. The summed E-state index contributed by atoms with van der Waals surface area (Å²) in [7, 11) is 0. The van der Waals surface area contributed by atoms with Crippen LogP contribution < -0.4 is 0 Å². The highest BCUT2D eigenvalue weighted by atomic mass is 16.6. The molecule has 0 aliphatic carbocycles. The van der Waals surface area contributed by atoms with E-state index in [-0.39, 0.29) is 22.9 Å². The molecule has 0 bridgehead atoms. The van der Waals surface area contributed by atoms with Crippen LogP contribution in [0.15, 0.2) is 0 Å². The van der Waals surface area contributed by atoms with Gasteiger partial charge >= 0.3 is 5.97 Å². The summed E-state index contributed by atoms with van der Waals surface area (Å²) in [6, 6.07) is 0. The molecule has 1 aliphatic heterocycles. The van der Waals surface area contributed by atoms with Crippen molar-refractivity contribution < 1.29 is 9.53 Å². The summed E-state index contributed by atoms with van der Waals surface area (Å²) in [6.45, 7) is 10.1. The topological polar surface area (TPSA) is 26.3 Å². The summed E-state index contributed by atoms with van der Waals surface area (Å²) in [5.74, 6) is -0.0718. The molecular formula is C9H16O2. The Morgan fingerprint density at radius 2 is 1.82 bits per heavy atom. The lowest BCUT2D eigenvalue weighted by atomic mass is 9.69. The van der Waals surface area contributed by atoms with Crippen molar-refractivity contribution in [1.82, 2.24) is 0 Å². The van der Waals surface area contributed by atoms with Gasteiger partial charge in [0.15, 0.2) is 0 Å². The van der Waals surface area contributed by atoms with E-state index in [1.165, 1.54) is 0 Å². The third-order valence-electron chi connectivity index (χ3n) is 2.19. The molecule has 2 heteroatoms. The molecule has 0 aromatic rings. The summed E-state index contributed by atoms with van der Waals surface area (Å²) < 4.78 is 5.08. The van der Waals surface area contributed by atoms with Crippen molar-refractivity contribution in [3.63, 3.8) is 0 Å². The van der Waals surface area contributed by atoms with Crippen LogP contribution in [-0.4, -0.2) is 12.1 Å². The van der Waals surface area contributed by atoms with E-state index >= 15 is 0 Å². The first-order valence-electron chi connectivity index (χ1n) is 3.97. The zero-order valence-corrected chi connectivity index (χ0v) is 7.89. The quantitative estimate of drug-likeness (QED) is 0.501. The molecule has 1 atom stereocenters. The minimum absolute atomic E-state index is 0.0669. The van der Waals surface area contributed by atoms with Crippen LogP contribution in [0.3, 0.4) is 0 Å². The van der Waals surface area contributed by atoms with Crippen LogP contribution in [0.25, 0.3) is 0 Å². The van der Waals surface area contributed by atoms with Gasteiger partial charge in [0, 0.05) is 5.41 Å². The minimum atomic E-state index is -0.280. The predicted octanol–water partition coefficient (Wildman–Crippen LogP) is 1.98. The highest BCUT2D eigenvalue weighted by Gasteiger charge is 2.55. The third-order valence-corrected chi connectivity index (χ3v) is 2.19. The zero-order valence-electron chi connectivity index (χ0n) is 7.89. The number of ether oxygens (including phenoxy) is 1. The first kappa shape index (κ1) is 8.57. The summed E-state index contributed by atoms with van der Waals surface area (Å²) >= 11 is 0. The number of cyclic esters (lactones) is 1. The predicted molar refractivity (Wildman–Crippen MR) is 43.1 cm³/mol. The van der Waals surface area contributed by atoms with Crippen LogP contribution in [0.5, 0.6) is 0 Å². The molecule has 64 valence electrons. The maximum absolute atomic E-state index is 11.0. The van der Waals surface area contributed by atoms with Crippen LogP contribution in [0.4, 0.5) is 0 Å². The van der Waals surface area contributed by atoms with Crippen LogP contribution >= 0.6 is 0 Å². The SMILES string of the molecule is CC(C)(C)C1OC(=O)C1(C)C. The van der Waals surface area contributed by atoms with Gasteiger partial charge in [-0.05, 0) is 13.8 Å². The Hall–Kier alpha value is -0.530. The second kappa shape index (κ2) is 1.99. The van der Waals surface area contributed by atoms with Gasteiger partial charge < -0.3 is 4.74 Å². The van der Waals surface area contributed by atoms with E-state index in [0.29, 0.717) is 0 Å². The second-order valence-electron chi connectivity index (χ2n) is 4.87. The van der Waals surface area contributed by atoms with Gasteiger partial charge in [0.2, 0.25) is 0 Å². The summed E-state index contributed by atoms with van der Waals surface area (Å²) in [5, 5.41) is 0. The number of esters is 1. The van der Waals surface area contributed by atoms with Crippen molar-refractivity contribution in [3.05, 3.63) is 0 Å². The Kier molecular flexibility index (Phi) is 1.55. The number of hydrogen-bond donors (Lipinski definition) is 0. The molecular weight excluding hydrogens is 140 g/mol. The largest absolute Gasteiger partial charge is 0.460 e. The van der Waals surface area contributed by atoms with E-state index in [1.54, 1.807) is 0 Å². The normalized spacial score (nSPS) is 29.2. The smallest absolute Gasteiger partial charge is 0.315 e. The molecule has 0 saturated carbocycles. The van der Waals surface area contributed by atoms with E-state index in [0.717, 1.165) is 0 Å². The first-order chi connectivity index (χ1) is 4.76. The van der Waals surface area contributed by atoms with Gasteiger partial charge in [-0.3, -0.25) is 4.79 Å². The molecule has 0 amide bonds. The van der Waals surface area contributed by atoms with Crippen molar-refractivity contribution in [2.45, 2.75) is 40.7 Å². The fraction of sp³-hybridized carbons (Fsp3) is 0.889. The highest BCUT2D eigenvalue weighted by molar-refractivity contribution is 5.82. The summed E-state index contributed by atoms with van der Waals surface area (Å²) in [6.07, 6.45) is 0.0718. The molecule has 1 fully saturated rings. The molecule has 0 N–H and O–H groups in total. The van der Waals surface area contributed by atoms with Gasteiger partial charge in [0.1, 0.15) is 6.10 Å². The molecule has 0 aromatic carbocycles. The molecule has 2 nitrogen and oxygen atoms in total. The Bertz CT molecular complexity index is 186. The van der Waals surface area contributed by atoms with Gasteiger partial charge in [-0.25, -0.2) is 0 Å². The average molecular weight is 156 g/mol. The molecule has 1 aliphatic rings. The maximum Gasteiger partial charge on any atom is 0.315 e. The number of carbonyl (C=O) groups is 1. The van der Waals surface area contributed by atoms with Crippen LogP contribution in [-0.2, 0) is 9.53 Å². The van der Waals surface area contributed by atoms with Crippen LogP contribution in [0, 0.1) is 10.8 Å². The second-order valence-corrected chi connectivity index (χ2v) is 4.87. The molecule has 1 rings (SSSR count). The van der Waals surface area contributed by atoms with E-state index < -0.39 is 0 Å². The minimum Gasteiger partial charge on any atom is -0.460 e. The molecule has 11 heavy (non-hydrogen) atoms. The third kappa shape index (κ3) is 1.15. The van der Waals surface area contributed by atoms with E-state index in [4.69, 9.17) is 4.74 Å². The molecule has 1 heterocycles. The average Bonchev–Trinajstić information content (AvgIpc) is 1.80. The Morgan fingerprint density at radius 3 is 1.91 bits per heavy atom. The summed E-state index contributed by atoms with van der Waals surface area (Å²) in [5.41, 5.74) is -0.213. The van der Waals surface area contributed by atoms with Gasteiger partial charge in [-0.1, -0.05) is 20.8 Å². The lowest BCUT2D eigenvalue weighted by Gasteiger charge is -2.48. The Balaban J connectivity index is 2.75. The summed E-state index contributed by atoms with van der Waals surface area (Å²) in [4.78, 5) is 11.0. The van der Waals surface area contributed by atoms with E-state index in [2.05, 4.69) is 20.8 Å². The maximum atomic E-state index is 11.0. The van der Waals surface area contributed by atoms with Gasteiger partial charge in [-0.2, -0.15) is 0 Å². The molecule has 0 radical (unpaired) electrons. The van der Waals surface area contributed by atoms with Crippen LogP contribution in [0.2, 0.25) is 0 Å². The standard InChI is InChI=1S/C9H16O2/c1-8(2,3)6-9(4,5)7(10)11-6/h6H,1-5H3. The van der Waals surface area contributed by atoms with E-state index in [9.17, 15) is 4.79 Å². The van der Waals surface area contributed by atoms with Gasteiger partial charge in [0.05, 0.1) is 5.41 Å². The fourth-order valence-electron chi connectivity index (χ4n) is 1.71. The molecule has 1 unspecified atom stereocenters. The molecule has 1 saturated heterocycles. The highest BCUT2D eigenvalue weighted by Crippen LogP contribution is 2.44. The lowest BCUT2D eigenvalue weighted by molar-refractivity contribution is -0.217. The van der Waals surface area contributed by atoms with Gasteiger partial charge in [-0.15, -0.1) is 0 Å². The Labute approximate surface area is 67.9 Å².